The van der Waals surface area contributed by atoms with Gasteiger partial charge in [0.2, 0.25) is 5.91 Å². The molecule has 27 heavy (non-hydrogen) atoms. The number of rotatable bonds is 5. The maximum Gasteiger partial charge on any atom is 0.227 e. The molecule has 2 saturated heterocycles. The molecule has 0 radical (unpaired) electrons. The molecule has 2 fully saturated rings. The molecule has 4 nitrogen and oxygen atoms in total. The Morgan fingerprint density at radius 3 is 2.63 bits per heavy atom. The van der Waals surface area contributed by atoms with E-state index < -0.39 is 11.6 Å². The third-order valence-electron chi connectivity index (χ3n) is 6.23. The Balaban J connectivity index is 1.60. The number of benzene rings is 1. The fourth-order valence-electron chi connectivity index (χ4n) is 4.70. The summed E-state index contributed by atoms with van der Waals surface area (Å²) in [5.41, 5.74) is 0.362. The highest BCUT2D eigenvalue weighted by molar-refractivity contribution is 5.79. The maximum absolute atomic E-state index is 13.8. The molecule has 1 amide bonds. The summed E-state index contributed by atoms with van der Waals surface area (Å²) >= 11 is 0. The van der Waals surface area contributed by atoms with Crippen LogP contribution in [0, 0.1) is 17.0 Å². The van der Waals surface area contributed by atoms with Gasteiger partial charge in [0.15, 0.2) is 11.6 Å². The zero-order chi connectivity index (χ0) is 19.6. The lowest BCUT2D eigenvalue weighted by Crippen LogP contribution is -2.45. The number of likely N-dealkylation sites (tertiary alicyclic amines) is 2. The summed E-state index contributed by atoms with van der Waals surface area (Å²) in [7, 11) is 1.75. The van der Waals surface area contributed by atoms with E-state index in [-0.39, 0.29) is 23.3 Å². The first-order valence-electron chi connectivity index (χ1n) is 9.80. The molecule has 150 valence electrons. The molecule has 6 heteroatoms. The van der Waals surface area contributed by atoms with E-state index in [4.69, 9.17) is 4.74 Å². The first-order chi connectivity index (χ1) is 12.8. The van der Waals surface area contributed by atoms with E-state index >= 15 is 0 Å². The molecule has 1 unspecified atom stereocenters. The monoisotopic (exact) mass is 380 g/mol. The highest BCUT2D eigenvalue weighted by Crippen LogP contribution is 2.44. The van der Waals surface area contributed by atoms with Gasteiger partial charge >= 0.3 is 0 Å². The van der Waals surface area contributed by atoms with E-state index in [1.54, 1.807) is 12.0 Å². The molecular weight excluding hydrogens is 350 g/mol. The van der Waals surface area contributed by atoms with Crippen molar-refractivity contribution in [2.45, 2.75) is 51.6 Å². The van der Waals surface area contributed by atoms with Gasteiger partial charge in [-0.2, -0.15) is 0 Å². The molecule has 0 aromatic heterocycles. The summed E-state index contributed by atoms with van der Waals surface area (Å²) < 4.78 is 32.6. The van der Waals surface area contributed by atoms with Crippen molar-refractivity contribution < 1.29 is 18.3 Å². The number of methoxy groups -OCH3 is 1. The van der Waals surface area contributed by atoms with Crippen molar-refractivity contribution >= 4 is 5.91 Å². The van der Waals surface area contributed by atoms with Crippen molar-refractivity contribution in [1.82, 2.24) is 9.80 Å². The summed E-state index contributed by atoms with van der Waals surface area (Å²) in [6, 6.07) is 4.90. The van der Waals surface area contributed by atoms with Gasteiger partial charge in [-0.05, 0) is 44.6 Å². The van der Waals surface area contributed by atoms with Gasteiger partial charge in [0.05, 0.1) is 13.0 Å². The largest absolute Gasteiger partial charge is 0.383 e. The van der Waals surface area contributed by atoms with Gasteiger partial charge in [0.25, 0.3) is 0 Å². The summed E-state index contributed by atoms with van der Waals surface area (Å²) in [5.74, 6) is -1.94. The minimum atomic E-state index is -0.912. The lowest BCUT2D eigenvalue weighted by molar-refractivity contribution is -0.132. The fraction of sp³-hybridized carbons (Fsp3) is 0.667. The van der Waals surface area contributed by atoms with E-state index in [0.717, 1.165) is 38.5 Å². The number of hydrogen-bond acceptors (Lipinski definition) is 3. The number of hydrogen-bond donors (Lipinski definition) is 0. The van der Waals surface area contributed by atoms with Crippen LogP contribution in [0.4, 0.5) is 8.78 Å². The van der Waals surface area contributed by atoms with Gasteiger partial charge < -0.3 is 9.64 Å². The Kier molecular flexibility index (Phi) is 6.16. The van der Waals surface area contributed by atoms with E-state index in [9.17, 15) is 13.6 Å². The van der Waals surface area contributed by atoms with Crippen LogP contribution < -0.4 is 0 Å². The van der Waals surface area contributed by atoms with Crippen LogP contribution in [0.1, 0.15) is 38.7 Å². The number of ether oxygens (including phenoxy) is 1. The van der Waals surface area contributed by atoms with Crippen molar-refractivity contribution in [3.8, 4) is 0 Å². The number of halogens is 2. The fourth-order valence-corrected chi connectivity index (χ4v) is 4.70. The normalized spacial score (nSPS) is 22.7. The van der Waals surface area contributed by atoms with Crippen LogP contribution in [0.3, 0.4) is 0 Å². The Morgan fingerprint density at radius 1 is 1.30 bits per heavy atom. The molecule has 0 N–H and O–H groups in total. The van der Waals surface area contributed by atoms with Gasteiger partial charge in [0.1, 0.15) is 0 Å². The number of carbonyl (C=O) groups is 1. The Hall–Kier alpha value is -1.53. The zero-order valence-corrected chi connectivity index (χ0v) is 16.5. The third-order valence-corrected chi connectivity index (χ3v) is 6.23. The van der Waals surface area contributed by atoms with Crippen molar-refractivity contribution in [3.63, 3.8) is 0 Å². The van der Waals surface area contributed by atoms with Gasteiger partial charge in [-0.15, -0.1) is 0 Å². The Morgan fingerprint density at radius 2 is 2.00 bits per heavy atom. The van der Waals surface area contributed by atoms with Crippen molar-refractivity contribution in [3.05, 3.63) is 35.4 Å². The number of amides is 1. The maximum atomic E-state index is 13.8. The molecule has 2 heterocycles. The van der Waals surface area contributed by atoms with Crippen molar-refractivity contribution in [2.75, 3.05) is 33.4 Å². The van der Waals surface area contributed by atoms with Crippen LogP contribution in [-0.2, 0) is 16.0 Å². The van der Waals surface area contributed by atoms with Crippen molar-refractivity contribution in [1.29, 1.82) is 0 Å². The second-order valence-corrected chi connectivity index (χ2v) is 8.35. The topological polar surface area (TPSA) is 32.8 Å². The number of carbonyl (C=O) groups excluding carboxylic acids is 1. The first kappa shape index (κ1) is 20.2. The highest BCUT2D eigenvalue weighted by Gasteiger charge is 2.46. The minimum Gasteiger partial charge on any atom is -0.383 e. The molecule has 1 aromatic rings. The average molecular weight is 380 g/mol. The van der Waals surface area contributed by atoms with Crippen LogP contribution in [-0.4, -0.2) is 61.1 Å². The predicted molar refractivity (Wildman–Crippen MR) is 100 cm³/mol. The van der Waals surface area contributed by atoms with E-state index in [1.165, 1.54) is 12.1 Å². The molecule has 2 aliphatic heterocycles. The first-order valence-corrected chi connectivity index (χ1v) is 9.80. The smallest absolute Gasteiger partial charge is 0.227 e. The second-order valence-electron chi connectivity index (χ2n) is 8.35. The van der Waals surface area contributed by atoms with Gasteiger partial charge in [0, 0.05) is 44.4 Å². The molecule has 0 saturated carbocycles. The molecule has 0 aliphatic carbocycles. The Labute approximate surface area is 160 Å². The summed E-state index contributed by atoms with van der Waals surface area (Å²) in [6.45, 7) is 7.57. The van der Waals surface area contributed by atoms with E-state index in [1.807, 2.05) is 0 Å². The second kappa shape index (κ2) is 8.23. The van der Waals surface area contributed by atoms with Gasteiger partial charge in [-0.1, -0.05) is 12.1 Å². The van der Waals surface area contributed by atoms with Crippen LogP contribution >= 0.6 is 0 Å². The van der Waals surface area contributed by atoms with Gasteiger partial charge in [-0.25, -0.2) is 8.78 Å². The van der Waals surface area contributed by atoms with E-state index in [2.05, 4.69) is 18.7 Å². The molecule has 3 rings (SSSR count). The van der Waals surface area contributed by atoms with E-state index in [0.29, 0.717) is 25.2 Å². The summed E-state index contributed by atoms with van der Waals surface area (Å²) in [5, 5.41) is 0. The van der Waals surface area contributed by atoms with Crippen LogP contribution in [0.2, 0.25) is 0 Å². The molecular formula is C21H30F2N2O2. The predicted octanol–water partition coefficient (Wildman–Crippen LogP) is 3.25. The lowest BCUT2D eigenvalue weighted by atomic mass is 9.76. The zero-order valence-electron chi connectivity index (χ0n) is 16.5. The summed E-state index contributed by atoms with van der Waals surface area (Å²) in [4.78, 5) is 16.9. The Bertz CT molecular complexity index is 672. The molecule has 0 bridgehead atoms. The van der Waals surface area contributed by atoms with Crippen LogP contribution in [0.25, 0.3) is 0 Å². The third kappa shape index (κ3) is 4.32. The summed E-state index contributed by atoms with van der Waals surface area (Å²) in [6.07, 6.45) is 2.92. The quantitative estimate of drug-likeness (QED) is 0.786. The minimum absolute atomic E-state index is 0.0823. The SMILES string of the molecule is COCC1CC2(CCN(C(=O)Cc3cccc(F)c3F)CC2)CN1C(C)C. The average Bonchev–Trinajstić information content (AvgIpc) is 2.98. The lowest BCUT2D eigenvalue weighted by Gasteiger charge is -2.39. The molecule has 1 atom stereocenters. The number of piperidine rings is 1. The molecule has 1 spiro atoms. The van der Waals surface area contributed by atoms with Crippen LogP contribution in [0.15, 0.2) is 18.2 Å². The van der Waals surface area contributed by atoms with Crippen molar-refractivity contribution in [2.24, 2.45) is 5.41 Å². The number of nitrogens with zero attached hydrogens (tertiary/aromatic N) is 2. The molecule has 2 aliphatic rings. The van der Waals surface area contributed by atoms with Gasteiger partial charge in [-0.3, -0.25) is 9.69 Å². The van der Waals surface area contributed by atoms with Crippen LogP contribution in [0.5, 0.6) is 0 Å². The molecule has 1 aromatic carbocycles. The standard InChI is InChI=1S/C21H30F2N2O2/c1-15(2)25-14-21(12-17(25)13-27-3)7-9-24(10-8-21)19(26)11-16-5-4-6-18(22)20(16)23/h4-6,15,17H,7-14H2,1-3H3. The highest BCUT2D eigenvalue weighted by atomic mass is 19.2.